The Morgan fingerprint density at radius 3 is 2.35 bits per heavy atom. The van der Waals surface area contributed by atoms with Gasteiger partial charge in [0.05, 0.1) is 0 Å². The van der Waals surface area contributed by atoms with E-state index in [4.69, 9.17) is 10.8 Å². The Balaban J connectivity index is 2.30. The van der Waals surface area contributed by atoms with Gasteiger partial charge in [-0.25, -0.2) is 4.79 Å². The molecule has 0 aliphatic heterocycles. The third-order valence-electron chi connectivity index (χ3n) is 2.53. The van der Waals surface area contributed by atoms with Crippen molar-refractivity contribution >= 4 is 23.8 Å². The van der Waals surface area contributed by atoms with Crippen LogP contribution < -0.4 is 16.4 Å². The molecule has 1 rings (SSSR count). The van der Waals surface area contributed by atoms with Crippen LogP contribution in [0.2, 0.25) is 0 Å². The highest BCUT2D eigenvalue weighted by atomic mass is 16.4. The minimum atomic E-state index is -1.26. The highest BCUT2D eigenvalue weighted by molar-refractivity contribution is 5.86. The Bertz CT molecular complexity index is 392. The molecule has 0 aromatic rings. The molecule has 1 fully saturated rings. The zero-order valence-corrected chi connectivity index (χ0v) is 10.9. The minimum absolute atomic E-state index is 0.0618. The summed E-state index contributed by atoms with van der Waals surface area (Å²) in [5.41, 5.74) is 4.93. The van der Waals surface area contributed by atoms with Crippen LogP contribution in [0.1, 0.15) is 19.3 Å². The maximum absolute atomic E-state index is 11.6. The Morgan fingerprint density at radius 2 is 1.85 bits per heavy atom. The lowest BCUT2D eigenvalue weighted by molar-refractivity contribution is -0.137. The van der Waals surface area contributed by atoms with Crippen LogP contribution in [0.25, 0.3) is 0 Å². The van der Waals surface area contributed by atoms with Gasteiger partial charge in [0.25, 0.3) is 0 Å². The molecule has 0 aromatic heterocycles. The van der Waals surface area contributed by atoms with Crippen LogP contribution in [0.4, 0.5) is 4.79 Å². The molecule has 0 saturated heterocycles. The van der Waals surface area contributed by atoms with Crippen LogP contribution in [0.15, 0.2) is 0 Å². The van der Waals surface area contributed by atoms with Crippen molar-refractivity contribution in [3.8, 4) is 0 Å². The van der Waals surface area contributed by atoms with Crippen molar-refractivity contribution in [3.63, 3.8) is 0 Å². The number of carbonyl (C=O) groups is 4. The minimum Gasteiger partial charge on any atom is -0.480 e. The molecule has 20 heavy (non-hydrogen) atoms. The summed E-state index contributed by atoms with van der Waals surface area (Å²) >= 11 is 0. The maximum atomic E-state index is 11.6. The highest BCUT2D eigenvalue weighted by Gasteiger charge is 2.23. The van der Waals surface area contributed by atoms with Crippen molar-refractivity contribution in [3.05, 3.63) is 0 Å². The van der Waals surface area contributed by atoms with Gasteiger partial charge in [-0.3, -0.25) is 14.4 Å². The van der Waals surface area contributed by atoms with E-state index in [0.29, 0.717) is 0 Å². The number of nitrogens with two attached hydrogens (primary N) is 1. The van der Waals surface area contributed by atoms with E-state index in [1.54, 1.807) is 0 Å². The number of carboxylic acids is 1. The predicted molar refractivity (Wildman–Crippen MR) is 67.6 cm³/mol. The number of primary amides is 1. The van der Waals surface area contributed by atoms with E-state index >= 15 is 0 Å². The molecule has 1 saturated carbocycles. The van der Waals surface area contributed by atoms with Gasteiger partial charge in [0.15, 0.2) is 0 Å². The number of rotatable bonds is 8. The topological polar surface area (TPSA) is 142 Å². The lowest BCUT2D eigenvalue weighted by Crippen LogP contribution is -2.47. The standard InChI is InChI=1S/C11H18N4O5/c12-8(16)5-15(6-10(18)19)11(20)13-4-3-9(17)14-7-1-2-7/h7H,1-6H2,(H2,12,16)(H,13,20)(H,14,17)(H,18,19). The van der Waals surface area contributed by atoms with Gasteiger partial charge in [0.1, 0.15) is 13.1 Å². The molecule has 0 spiro atoms. The van der Waals surface area contributed by atoms with Crippen LogP contribution in [-0.4, -0.2) is 59.5 Å². The largest absolute Gasteiger partial charge is 0.480 e. The Labute approximate surface area is 115 Å². The Morgan fingerprint density at radius 1 is 1.20 bits per heavy atom. The molecule has 5 N–H and O–H groups in total. The molecule has 0 aromatic carbocycles. The summed E-state index contributed by atoms with van der Waals surface area (Å²) in [4.78, 5) is 45.1. The highest BCUT2D eigenvalue weighted by Crippen LogP contribution is 2.18. The van der Waals surface area contributed by atoms with Gasteiger partial charge in [0, 0.05) is 19.0 Å². The average molecular weight is 286 g/mol. The fourth-order valence-corrected chi connectivity index (χ4v) is 1.47. The van der Waals surface area contributed by atoms with Crippen molar-refractivity contribution in [2.24, 2.45) is 5.73 Å². The lowest BCUT2D eigenvalue weighted by Gasteiger charge is -2.19. The average Bonchev–Trinajstić information content (AvgIpc) is 3.10. The first-order valence-electron chi connectivity index (χ1n) is 6.20. The van der Waals surface area contributed by atoms with Crippen molar-refractivity contribution in [1.82, 2.24) is 15.5 Å². The van der Waals surface area contributed by atoms with E-state index in [0.717, 1.165) is 17.7 Å². The van der Waals surface area contributed by atoms with E-state index in [2.05, 4.69) is 10.6 Å². The number of hydrogen-bond donors (Lipinski definition) is 4. The summed E-state index contributed by atoms with van der Waals surface area (Å²) in [6.45, 7) is -1.07. The smallest absolute Gasteiger partial charge is 0.323 e. The van der Waals surface area contributed by atoms with Gasteiger partial charge in [-0.15, -0.1) is 0 Å². The summed E-state index contributed by atoms with van der Waals surface area (Å²) in [5.74, 6) is -2.24. The molecule has 9 heteroatoms. The summed E-state index contributed by atoms with van der Waals surface area (Å²) in [7, 11) is 0. The second-order valence-corrected chi connectivity index (χ2v) is 4.54. The molecule has 0 bridgehead atoms. The molecule has 4 amide bonds. The Hall–Kier alpha value is -2.32. The number of carbonyl (C=O) groups excluding carboxylic acids is 3. The number of urea groups is 1. The Kier molecular flexibility index (Phi) is 5.75. The fraction of sp³-hybridized carbons (Fsp3) is 0.636. The molecular formula is C11H18N4O5. The van der Waals surface area contributed by atoms with Gasteiger partial charge >= 0.3 is 12.0 Å². The predicted octanol–water partition coefficient (Wildman–Crippen LogP) is -1.76. The van der Waals surface area contributed by atoms with Crippen LogP contribution in [0.5, 0.6) is 0 Å². The van der Waals surface area contributed by atoms with Crippen LogP contribution in [0, 0.1) is 0 Å². The third-order valence-corrected chi connectivity index (χ3v) is 2.53. The van der Waals surface area contributed by atoms with Gasteiger partial charge in [-0.1, -0.05) is 0 Å². The first kappa shape index (κ1) is 15.7. The monoisotopic (exact) mass is 286 g/mol. The molecule has 0 unspecified atom stereocenters. The van der Waals surface area contributed by atoms with E-state index in [1.165, 1.54) is 0 Å². The second kappa shape index (κ2) is 7.31. The molecule has 1 aliphatic rings. The summed E-state index contributed by atoms with van der Waals surface area (Å²) < 4.78 is 0. The lowest BCUT2D eigenvalue weighted by atomic mass is 10.4. The zero-order valence-electron chi connectivity index (χ0n) is 10.9. The maximum Gasteiger partial charge on any atom is 0.323 e. The second-order valence-electron chi connectivity index (χ2n) is 4.54. The normalized spacial score (nSPS) is 13.4. The number of nitrogens with zero attached hydrogens (tertiary/aromatic N) is 1. The van der Waals surface area contributed by atoms with E-state index in [1.807, 2.05) is 0 Å². The zero-order chi connectivity index (χ0) is 15.1. The van der Waals surface area contributed by atoms with Gasteiger partial charge in [0.2, 0.25) is 11.8 Å². The first-order chi connectivity index (χ1) is 9.38. The number of aliphatic carboxylic acids is 1. The molecule has 1 aliphatic carbocycles. The molecule has 0 heterocycles. The SMILES string of the molecule is NC(=O)CN(CC(=O)O)C(=O)NCCC(=O)NC1CC1. The van der Waals surface area contributed by atoms with Gasteiger partial charge in [-0.2, -0.15) is 0 Å². The number of nitrogens with one attached hydrogen (secondary N) is 2. The molecule has 112 valence electrons. The number of amides is 4. The summed E-state index contributed by atoms with van der Waals surface area (Å²) in [6.07, 6.45) is 2.05. The molecule has 0 radical (unpaired) electrons. The molecule has 9 nitrogen and oxygen atoms in total. The third kappa shape index (κ3) is 6.57. The van der Waals surface area contributed by atoms with Crippen molar-refractivity contribution in [1.29, 1.82) is 0 Å². The number of hydrogen-bond acceptors (Lipinski definition) is 4. The molecule has 0 atom stereocenters. The van der Waals surface area contributed by atoms with Crippen LogP contribution >= 0.6 is 0 Å². The fourth-order valence-electron chi connectivity index (χ4n) is 1.47. The first-order valence-corrected chi connectivity index (χ1v) is 6.20. The van der Waals surface area contributed by atoms with Crippen LogP contribution in [-0.2, 0) is 14.4 Å². The summed E-state index contributed by atoms with van der Waals surface area (Å²) in [5, 5.41) is 13.7. The van der Waals surface area contributed by atoms with Crippen molar-refractivity contribution < 1.29 is 24.3 Å². The van der Waals surface area contributed by atoms with E-state index in [-0.39, 0.29) is 24.9 Å². The van der Waals surface area contributed by atoms with Gasteiger partial charge < -0.3 is 26.4 Å². The van der Waals surface area contributed by atoms with E-state index < -0.39 is 31.0 Å². The van der Waals surface area contributed by atoms with Gasteiger partial charge in [-0.05, 0) is 12.8 Å². The van der Waals surface area contributed by atoms with Crippen molar-refractivity contribution in [2.75, 3.05) is 19.6 Å². The van der Waals surface area contributed by atoms with E-state index in [9.17, 15) is 19.2 Å². The van der Waals surface area contributed by atoms with Crippen LogP contribution in [0.3, 0.4) is 0 Å². The molecular weight excluding hydrogens is 268 g/mol. The number of carboxylic acid groups (broad SMARTS) is 1. The summed E-state index contributed by atoms with van der Waals surface area (Å²) in [6, 6.07) is -0.498. The quantitative estimate of drug-likeness (QED) is 0.418. The van der Waals surface area contributed by atoms with Crippen molar-refractivity contribution in [2.45, 2.75) is 25.3 Å².